The van der Waals surface area contributed by atoms with Crippen molar-refractivity contribution in [2.45, 2.75) is 52.6 Å². The maximum absolute atomic E-state index is 5.50. The maximum Gasteiger partial charge on any atom is 0.105 e. The number of aromatic nitrogens is 2. The Balaban J connectivity index is 2.22. The monoisotopic (exact) mass is 275 g/mol. The van der Waals surface area contributed by atoms with Gasteiger partial charge in [0, 0.05) is 13.0 Å². The summed E-state index contributed by atoms with van der Waals surface area (Å²) < 4.78 is 7.61. The zero-order valence-electron chi connectivity index (χ0n) is 12.7. The quantitative estimate of drug-likeness (QED) is 0.803. The van der Waals surface area contributed by atoms with E-state index in [-0.39, 0.29) is 6.04 Å². The number of hydrogen-bond donors (Lipinski definition) is 1. The molecule has 0 fully saturated rings. The highest BCUT2D eigenvalue weighted by atomic mass is 16.3. The first kappa shape index (κ1) is 14.9. The van der Waals surface area contributed by atoms with E-state index in [1.165, 1.54) is 5.69 Å². The molecule has 110 valence electrons. The number of nitrogens with zero attached hydrogens (tertiary/aromatic N) is 2. The molecule has 1 atom stereocenters. The molecule has 0 radical (unpaired) electrons. The summed E-state index contributed by atoms with van der Waals surface area (Å²) in [6.07, 6.45) is 4.69. The molecule has 0 aromatic carbocycles. The lowest BCUT2D eigenvalue weighted by Crippen LogP contribution is -2.26. The van der Waals surface area contributed by atoms with E-state index in [1.54, 1.807) is 6.26 Å². The molecule has 2 heterocycles. The molecule has 1 N–H and O–H groups in total. The fourth-order valence-electron chi connectivity index (χ4n) is 2.42. The second-order valence-electron chi connectivity index (χ2n) is 5.02. The fourth-order valence-corrected chi connectivity index (χ4v) is 2.42. The van der Waals surface area contributed by atoms with Crippen molar-refractivity contribution in [3.05, 3.63) is 41.6 Å². The first-order chi connectivity index (χ1) is 9.78. The van der Waals surface area contributed by atoms with E-state index < -0.39 is 0 Å². The summed E-state index contributed by atoms with van der Waals surface area (Å²) in [4.78, 5) is 0. The van der Waals surface area contributed by atoms with E-state index in [2.05, 4.69) is 41.9 Å². The summed E-state index contributed by atoms with van der Waals surface area (Å²) in [5.74, 6) is 1.01. The molecule has 20 heavy (non-hydrogen) atoms. The standard InChI is InChI=1S/C16H25N3O/c1-4-9-17-15(12-14-8-7-10-20-14)16-11-13(5-2)18-19(16)6-3/h7-8,10-11,15,17H,4-6,9,12H2,1-3H3. The SMILES string of the molecule is CCCNC(Cc1ccco1)c1cc(CC)nn1CC. The summed E-state index contributed by atoms with van der Waals surface area (Å²) in [7, 11) is 0. The van der Waals surface area contributed by atoms with E-state index >= 15 is 0 Å². The molecule has 0 bridgehead atoms. The van der Waals surface area contributed by atoms with Gasteiger partial charge in [0.1, 0.15) is 5.76 Å². The minimum absolute atomic E-state index is 0.258. The average molecular weight is 275 g/mol. The predicted octanol–water partition coefficient (Wildman–Crippen LogP) is 3.34. The lowest BCUT2D eigenvalue weighted by molar-refractivity contribution is 0.427. The van der Waals surface area contributed by atoms with Crippen LogP contribution in [0.3, 0.4) is 0 Å². The van der Waals surface area contributed by atoms with Gasteiger partial charge in [0.25, 0.3) is 0 Å². The van der Waals surface area contributed by atoms with Gasteiger partial charge in [-0.15, -0.1) is 0 Å². The van der Waals surface area contributed by atoms with E-state index in [4.69, 9.17) is 4.42 Å². The van der Waals surface area contributed by atoms with Crippen molar-refractivity contribution in [2.75, 3.05) is 6.54 Å². The van der Waals surface area contributed by atoms with Gasteiger partial charge in [-0.1, -0.05) is 13.8 Å². The highest BCUT2D eigenvalue weighted by Crippen LogP contribution is 2.20. The van der Waals surface area contributed by atoms with Crippen molar-refractivity contribution in [1.29, 1.82) is 0 Å². The van der Waals surface area contributed by atoms with Crippen LogP contribution in [-0.4, -0.2) is 16.3 Å². The van der Waals surface area contributed by atoms with Gasteiger partial charge in [0.2, 0.25) is 0 Å². The molecule has 0 saturated carbocycles. The van der Waals surface area contributed by atoms with Crippen LogP contribution in [0.2, 0.25) is 0 Å². The Labute approximate surface area is 121 Å². The van der Waals surface area contributed by atoms with E-state index in [1.807, 2.05) is 12.1 Å². The van der Waals surface area contributed by atoms with Gasteiger partial charge >= 0.3 is 0 Å². The molecule has 2 rings (SSSR count). The van der Waals surface area contributed by atoms with Crippen molar-refractivity contribution in [1.82, 2.24) is 15.1 Å². The summed E-state index contributed by atoms with van der Waals surface area (Å²) in [5, 5.41) is 8.27. The Kier molecular flexibility index (Phi) is 5.41. The maximum atomic E-state index is 5.50. The lowest BCUT2D eigenvalue weighted by atomic mass is 10.1. The molecule has 0 amide bonds. The molecule has 4 heteroatoms. The minimum Gasteiger partial charge on any atom is -0.469 e. The highest BCUT2D eigenvalue weighted by Gasteiger charge is 2.18. The van der Waals surface area contributed by atoms with Gasteiger partial charge in [-0.3, -0.25) is 4.68 Å². The van der Waals surface area contributed by atoms with Crippen molar-refractivity contribution in [3.63, 3.8) is 0 Å². The molecular formula is C16H25N3O. The van der Waals surface area contributed by atoms with Gasteiger partial charge < -0.3 is 9.73 Å². The Morgan fingerprint density at radius 1 is 1.35 bits per heavy atom. The normalized spacial score (nSPS) is 12.8. The molecular weight excluding hydrogens is 250 g/mol. The van der Waals surface area contributed by atoms with Gasteiger partial charge in [0.05, 0.1) is 23.7 Å². The lowest BCUT2D eigenvalue weighted by Gasteiger charge is -2.18. The van der Waals surface area contributed by atoms with E-state index in [0.29, 0.717) is 0 Å². The minimum atomic E-state index is 0.258. The van der Waals surface area contributed by atoms with E-state index in [9.17, 15) is 0 Å². The van der Waals surface area contributed by atoms with Crippen LogP contribution in [-0.2, 0) is 19.4 Å². The molecule has 0 spiro atoms. The van der Waals surface area contributed by atoms with Crippen molar-refractivity contribution < 1.29 is 4.42 Å². The van der Waals surface area contributed by atoms with Crippen LogP contribution in [0.1, 0.15) is 50.4 Å². The average Bonchev–Trinajstić information content (AvgIpc) is 3.12. The Morgan fingerprint density at radius 2 is 2.20 bits per heavy atom. The Bertz CT molecular complexity index is 502. The second kappa shape index (κ2) is 7.29. The van der Waals surface area contributed by atoms with Crippen LogP contribution in [0.25, 0.3) is 0 Å². The Morgan fingerprint density at radius 3 is 2.80 bits per heavy atom. The molecule has 2 aromatic rings. The van der Waals surface area contributed by atoms with Gasteiger partial charge in [-0.2, -0.15) is 5.10 Å². The topological polar surface area (TPSA) is 43.0 Å². The third-order valence-electron chi connectivity index (χ3n) is 3.51. The Hall–Kier alpha value is -1.55. The summed E-state index contributed by atoms with van der Waals surface area (Å²) in [5.41, 5.74) is 2.42. The number of rotatable bonds is 8. The van der Waals surface area contributed by atoms with Gasteiger partial charge in [0.15, 0.2) is 0 Å². The zero-order valence-corrected chi connectivity index (χ0v) is 12.7. The van der Waals surface area contributed by atoms with Crippen molar-refractivity contribution in [2.24, 2.45) is 0 Å². The van der Waals surface area contributed by atoms with Gasteiger partial charge in [-0.05, 0) is 44.5 Å². The van der Waals surface area contributed by atoms with Gasteiger partial charge in [-0.25, -0.2) is 0 Å². The first-order valence-corrected chi connectivity index (χ1v) is 7.60. The molecule has 4 nitrogen and oxygen atoms in total. The number of nitrogens with one attached hydrogen (secondary N) is 1. The first-order valence-electron chi connectivity index (χ1n) is 7.60. The number of aryl methyl sites for hydroxylation is 2. The molecule has 2 aromatic heterocycles. The van der Waals surface area contributed by atoms with Crippen molar-refractivity contribution >= 4 is 0 Å². The third-order valence-corrected chi connectivity index (χ3v) is 3.51. The van der Waals surface area contributed by atoms with Crippen LogP contribution >= 0.6 is 0 Å². The summed E-state index contributed by atoms with van der Waals surface area (Å²) >= 11 is 0. The molecule has 0 aliphatic rings. The smallest absolute Gasteiger partial charge is 0.105 e. The summed E-state index contributed by atoms with van der Waals surface area (Å²) in [6, 6.07) is 6.46. The molecule has 0 aliphatic carbocycles. The van der Waals surface area contributed by atoms with E-state index in [0.717, 1.165) is 43.8 Å². The molecule has 1 unspecified atom stereocenters. The molecule has 0 saturated heterocycles. The van der Waals surface area contributed by atoms with Crippen molar-refractivity contribution in [3.8, 4) is 0 Å². The van der Waals surface area contributed by atoms with Crippen LogP contribution < -0.4 is 5.32 Å². The van der Waals surface area contributed by atoms with Crippen LogP contribution in [0, 0.1) is 0 Å². The predicted molar refractivity (Wildman–Crippen MR) is 80.7 cm³/mol. The summed E-state index contributed by atoms with van der Waals surface area (Å²) in [6.45, 7) is 8.37. The third kappa shape index (κ3) is 3.51. The highest BCUT2D eigenvalue weighted by molar-refractivity contribution is 5.17. The number of furan rings is 1. The fraction of sp³-hybridized carbons (Fsp3) is 0.562. The largest absolute Gasteiger partial charge is 0.469 e. The van der Waals surface area contributed by atoms with Crippen LogP contribution in [0.5, 0.6) is 0 Å². The molecule has 0 aliphatic heterocycles. The number of hydrogen-bond acceptors (Lipinski definition) is 3. The zero-order chi connectivity index (χ0) is 14.4. The van der Waals surface area contributed by atoms with Crippen LogP contribution in [0.15, 0.2) is 28.9 Å². The van der Waals surface area contributed by atoms with Crippen LogP contribution in [0.4, 0.5) is 0 Å². The second-order valence-corrected chi connectivity index (χ2v) is 5.02.